The fourth-order valence-electron chi connectivity index (χ4n) is 2.35. The van der Waals surface area contributed by atoms with E-state index in [1.807, 2.05) is 0 Å². The summed E-state index contributed by atoms with van der Waals surface area (Å²) in [4.78, 5) is 37.6. The van der Waals surface area contributed by atoms with Crippen molar-refractivity contribution >= 4 is 28.5 Å². The molecule has 0 spiro atoms. The predicted molar refractivity (Wildman–Crippen MR) is 88.6 cm³/mol. The van der Waals surface area contributed by atoms with E-state index in [0.717, 1.165) is 0 Å². The van der Waals surface area contributed by atoms with Crippen LogP contribution in [-0.2, 0) is 11.3 Å². The van der Waals surface area contributed by atoms with Gasteiger partial charge < -0.3 is 16.0 Å². The van der Waals surface area contributed by atoms with Crippen LogP contribution in [0.15, 0.2) is 47.4 Å². The van der Waals surface area contributed by atoms with Gasteiger partial charge in [-0.15, -0.1) is 0 Å². The molecule has 122 valence electrons. The zero-order valence-electron chi connectivity index (χ0n) is 12.7. The number of rotatable bonds is 5. The molecule has 24 heavy (non-hydrogen) atoms. The first kappa shape index (κ1) is 15.5. The molecule has 0 bridgehead atoms. The van der Waals surface area contributed by atoms with E-state index in [1.165, 1.54) is 10.7 Å². The second-order valence-electron chi connectivity index (χ2n) is 5.23. The molecule has 1 aromatic carbocycles. The van der Waals surface area contributed by atoms with Gasteiger partial charge in [0, 0.05) is 42.2 Å². The largest absolute Gasteiger partial charge is 0.370 e. The van der Waals surface area contributed by atoms with Crippen molar-refractivity contribution in [2.75, 3.05) is 5.32 Å². The summed E-state index contributed by atoms with van der Waals surface area (Å²) in [5.41, 5.74) is 5.58. The number of hydrogen-bond donors (Lipinski definition) is 3. The maximum atomic E-state index is 12.5. The minimum atomic E-state index is -0.433. The molecule has 0 saturated carbocycles. The molecule has 0 unspecified atom stereocenters. The molecule has 0 aliphatic rings. The Balaban J connectivity index is 1.83. The van der Waals surface area contributed by atoms with Crippen LogP contribution >= 0.6 is 0 Å². The minimum Gasteiger partial charge on any atom is -0.370 e. The number of benzene rings is 1. The van der Waals surface area contributed by atoms with Crippen molar-refractivity contribution in [2.45, 2.75) is 13.0 Å². The Kier molecular flexibility index (Phi) is 4.11. The zero-order chi connectivity index (χ0) is 17.1. The lowest BCUT2D eigenvalue weighted by Crippen LogP contribution is -2.17. The minimum absolute atomic E-state index is 0.160. The highest BCUT2D eigenvalue weighted by molar-refractivity contribution is 6.11. The van der Waals surface area contributed by atoms with E-state index in [9.17, 15) is 14.4 Å². The van der Waals surface area contributed by atoms with Crippen LogP contribution in [0.1, 0.15) is 16.8 Å². The Morgan fingerprint density at radius 1 is 1.25 bits per heavy atom. The van der Waals surface area contributed by atoms with Gasteiger partial charge in [0.25, 0.3) is 5.91 Å². The van der Waals surface area contributed by atoms with Gasteiger partial charge in [-0.3, -0.25) is 19.1 Å². The molecule has 8 heteroatoms. The number of carbonyl (C=O) groups is 2. The average Bonchev–Trinajstić information content (AvgIpc) is 2.99. The van der Waals surface area contributed by atoms with Gasteiger partial charge in [0.05, 0.1) is 5.56 Å². The first-order valence-corrected chi connectivity index (χ1v) is 7.28. The topological polar surface area (TPSA) is 123 Å². The lowest BCUT2D eigenvalue weighted by Gasteiger charge is -2.06. The van der Waals surface area contributed by atoms with E-state index < -0.39 is 11.8 Å². The first-order chi connectivity index (χ1) is 11.5. The Hall–Kier alpha value is -3.42. The summed E-state index contributed by atoms with van der Waals surface area (Å²) in [6.07, 6.45) is 1.79. The molecule has 3 aromatic rings. The van der Waals surface area contributed by atoms with Crippen molar-refractivity contribution in [3.05, 3.63) is 58.5 Å². The summed E-state index contributed by atoms with van der Waals surface area (Å²) in [7, 11) is 0. The summed E-state index contributed by atoms with van der Waals surface area (Å²) >= 11 is 0. The van der Waals surface area contributed by atoms with Crippen LogP contribution in [-0.4, -0.2) is 26.6 Å². The van der Waals surface area contributed by atoms with Gasteiger partial charge in [-0.1, -0.05) is 18.2 Å². The number of primary amides is 1. The highest BCUT2D eigenvalue weighted by Crippen LogP contribution is 2.16. The molecule has 8 nitrogen and oxygen atoms in total. The standard InChI is InChI=1S/C16H15N5O3/c17-13(22)5-7-21-8-6-14(20-21)19-16(24)11-9-15(23)18-12-4-2-1-3-10(11)12/h1-4,6,8-9H,5,7H2,(H2,17,22)(H,18,23)(H,19,20,24). The number of anilines is 1. The zero-order valence-corrected chi connectivity index (χ0v) is 12.7. The number of para-hydroxylation sites is 1. The van der Waals surface area contributed by atoms with Crippen molar-refractivity contribution in [1.82, 2.24) is 14.8 Å². The molecule has 0 fully saturated rings. The predicted octanol–water partition coefficient (Wildman–Crippen LogP) is 0.852. The Labute approximate surface area is 136 Å². The summed E-state index contributed by atoms with van der Waals surface area (Å²) in [5.74, 6) is -0.530. The van der Waals surface area contributed by atoms with Crippen molar-refractivity contribution in [3.63, 3.8) is 0 Å². The number of carbonyl (C=O) groups excluding carboxylic acids is 2. The number of nitrogens with two attached hydrogens (primary N) is 1. The fourth-order valence-corrected chi connectivity index (χ4v) is 2.35. The third kappa shape index (κ3) is 3.32. The second kappa shape index (κ2) is 6.37. The number of fused-ring (bicyclic) bond motifs is 1. The third-order valence-electron chi connectivity index (χ3n) is 3.46. The Bertz CT molecular complexity index is 973. The van der Waals surface area contributed by atoms with Crippen LogP contribution < -0.4 is 16.6 Å². The average molecular weight is 325 g/mol. The van der Waals surface area contributed by atoms with E-state index in [2.05, 4.69) is 15.4 Å². The van der Waals surface area contributed by atoms with Gasteiger partial charge in [-0.2, -0.15) is 5.10 Å². The third-order valence-corrected chi connectivity index (χ3v) is 3.46. The van der Waals surface area contributed by atoms with Crippen molar-refractivity contribution < 1.29 is 9.59 Å². The summed E-state index contributed by atoms with van der Waals surface area (Å²) in [5, 5.41) is 7.43. The molecule has 2 aromatic heterocycles. The van der Waals surface area contributed by atoms with Gasteiger partial charge in [-0.25, -0.2) is 0 Å². The molecule has 3 rings (SSSR count). The van der Waals surface area contributed by atoms with Crippen LogP contribution in [0.3, 0.4) is 0 Å². The lowest BCUT2D eigenvalue weighted by molar-refractivity contribution is -0.118. The van der Waals surface area contributed by atoms with Crippen molar-refractivity contribution in [3.8, 4) is 0 Å². The maximum Gasteiger partial charge on any atom is 0.257 e. The van der Waals surface area contributed by atoms with Gasteiger partial charge in [0.1, 0.15) is 0 Å². The number of nitrogens with one attached hydrogen (secondary N) is 2. The van der Waals surface area contributed by atoms with Crippen molar-refractivity contribution in [1.29, 1.82) is 0 Å². The quantitative estimate of drug-likeness (QED) is 0.643. The number of H-pyrrole nitrogens is 1. The van der Waals surface area contributed by atoms with E-state index in [-0.39, 0.29) is 17.5 Å². The van der Waals surface area contributed by atoms with Crippen LogP contribution in [0.5, 0.6) is 0 Å². The second-order valence-corrected chi connectivity index (χ2v) is 5.23. The van der Waals surface area contributed by atoms with Crippen LogP contribution in [0.2, 0.25) is 0 Å². The van der Waals surface area contributed by atoms with E-state index in [1.54, 1.807) is 36.5 Å². The van der Waals surface area contributed by atoms with Crippen LogP contribution in [0.4, 0.5) is 5.82 Å². The lowest BCUT2D eigenvalue weighted by atomic mass is 10.1. The maximum absolute atomic E-state index is 12.5. The number of nitrogens with zero attached hydrogens (tertiary/aromatic N) is 2. The normalized spacial score (nSPS) is 10.7. The van der Waals surface area contributed by atoms with Crippen LogP contribution in [0, 0.1) is 0 Å². The smallest absolute Gasteiger partial charge is 0.257 e. The fraction of sp³-hybridized carbons (Fsp3) is 0.125. The first-order valence-electron chi connectivity index (χ1n) is 7.28. The van der Waals surface area contributed by atoms with E-state index in [4.69, 9.17) is 5.73 Å². The molecule has 0 saturated heterocycles. The molecule has 4 N–H and O–H groups in total. The van der Waals surface area contributed by atoms with Crippen LogP contribution in [0.25, 0.3) is 10.9 Å². The number of amides is 2. The van der Waals surface area contributed by atoms with Gasteiger partial charge >= 0.3 is 0 Å². The number of pyridine rings is 1. The summed E-state index contributed by atoms with van der Waals surface area (Å²) < 4.78 is 1.51. The number of aromatic amines is 1. The number of aryl methyl sites for hydroxylation is 1. The van der Waals surface area contributed by atoms with Gasteiger partial charge in [0.15, 0.2) is 5.82 Å². The summed E-state index contributed by atoms with van der Waals surface area (Å²) in [6, 6.07) is 9.91. The molecule has 0 aliphatic heterocycles. The van der Waals surface area contributed by atoms with Gasteiger partial charge in [-0.05, 0) is 6.07 Å². The number of hydrogen-bond acceptors (Lipinski definition) is 4. The highest BCUT2D eigenvalue weighted by Gasteiger charge is 2.13. The van der Waals surface area contributed by atoms with E-state index >= 15 is 0 Å². The molecule has 0 radical (unpaired) electrons. The SMILES string of the molecule is NC(=O)CCn1ccc(NC(=O)c2cc(=O)[nH]c3ccccc23)n1. The van der Waals surface area contributed by atoms with E-state index in [0.29, 0.717) is 23.3 Å². The molecular formula is C16H15N5O3. The Morgan fingerprint density at radius 3 is 2.83 bits per heavy atom. The Morgan fingerprint density at radius 2 is 2.04 bits per heavy atom. The molecule has 0 atom stereocenters. The molecule has 2 heterocycles. The van der Waals surface area contributed by atoms with Gasteiger partial charge in [0.2, 0.25) is 11.5 Å². The van der Waals surface area contributed by atoms with Crippen molar-refractivity contribution in [2.24, 2.45) is 5.73 Å². The monoisotopic (exact) mass is 325 g/mol. The highest BCUT2D eigenvalue weighted by atomic mass is 16.2. The molecular weight excluding hydrogens is 310 g/mol. The molecule has 2 amide bonds. The number of aromatic nitrogens is 3. The molecule has 0 aliphatic carbocycles. The summed E-state index contributed by atoms with van der Waals surface area (Å²) in [6.45, 7) is 0.332.